The molecule has 0 saturated carbocycles. The first-order valence-corrected chi connectivity index (χ1v) is 5.79. The summed E-state index contributed by atoms with van der Waals surface area (Å²) in [5.74, 6) is 0. The van der Waals surface area contributed by atoms with Gasteiger partial charge < -0.3 is 10.2 Å². The van der Waals surface area contributed by atoms with E-state index >= 15 is 0 Å². The molecule has 0 spiro atoms. The number of fused-ring (bicyclic) bond motifs is 1. The van der Waals surface area contributed by atoms with Crippen molar-refractivity contribution in [3.63, 3.8) is 0 Å². The third kappa shape index (κ3) is 1.74. The van der Waals surface area contributed by atoms with Crippen LogP contribution in [-0.4, -0.2) is 25.7 Å². The zero-order valence-electron chi connectivity index (χ0n) is 9.83. The van der Waals surface area contributed by atoms with Crippen LogP contribution in [0, 0.1) is 0 Å². The normalized spacial score (nSPS) is 21.5. The summed E-state index contributed by atoms with van der Waals surface area (Å²) in [7, 11) is 2.04. The van der Waals surface area contributed by atoms with Gasteiger partial charge >= 0.3 is 0 Å². The Morgan fingerprint density at radius 2 is 2.20 bits per heavy atom. The van der Waals surface area contributed by atoms with Crippen LogP contribution in [-0.2, 0) is 6.42 Å². The van der Waals surface area contributed by atoms with E-state index in [0.717, 1.165) is 6.54 Å². The van der Waals surface area contributed by atoms with E-state index in [9.17, 15) is 0 Å². The number of likely N-dealkylation sites (N-methyl/N-ethyl adjacent to an activating group) is 2. The maximum absolute atomic E-state index is 3.36. The number of anilines is 1. The highest BCUT2D eigenvalue weighted by atomic mass is 15.2. The topological polar surface area (TPSA) is 15.3 Å². The van der Waals surface area contributed by atoms with Crippen LogP contribution in [0.1, 0.15) is 19.4 Å². The maximum atomic E-state index is 3.36. The van der Waals surface area contributed by atoms with Gasteiger partial charge in [0, 0.05) is 24.3 Å². The summed E-state index contributed by atoms with van der Waals surface area (Å²) < 4.78 is 0. The Kier molecular flexibility index (Phi) is 2.96. The van der Waals surface area contributed by atoms with E-state index in [2.05, 4.69) is 48.3 Å². The average Bonchev–Trinajstić information content (AvgIpc) is 2.66. The van der Waals surface area contributed by atoms with E-state index in [1.807, 2.05) is 7.05 Å². The summed E-state index contributed by atoms with van der Waals surface area (Å²) in [6.07, 6.45) is 1.17. The van der Waals surface area contributed by atoms with Crippen molar-refractivity contribution in [1.82, 2.24) is 5.32 Å². The molecule has 0 aromatic heterocycles. The molecule has 1 N–H and O–H groups in total. The fourth-order valence-corrected chi connectivity index (χ4v) is 2.52. The van der Waals surface area contributed by atoms with Gasteiger partial charge in [0.2, 0.25) is 0 Å². The molecule has 1 aromatic carbocycles. The predicted molar refractivity (Wildman–Crippen MR) is 65.5 cm³/mol. The van der Waals surface area contributed by atoms with Gasteiger partial charge in [0.25, 0.3) is 0 Å². The van der Waals surface area contributed by atoms with Crippen LogP contribution >= 0.6 is 0 Å². The Bertz CT molecular complexity index is 335. The lowest BCUT2D eigenvalue weighted by Gasteiger charge is -2.30. The van der Waals surface area contributed by atoms with Crippen molar-refractivity contribution < 1.29 is 0 Å². The minimum Gasteiger partial charge on any atom is -0.367 e. The highest BCUT2D eigenvalue weighted by Crippen LogP contribution is 2.32. The Morgan fingerprint density at radius 3 is 2.87 bits per heavy atom. The monoisotopic (exact) mass is 204 g/mol. The molecule has 1 aliphatic rings. The Morgan fingerprint density at radius 1 is 1.47 bits per heavy atom. The first-order valence-electron chi connectivity index (χ1n) is 5.79. The fraction of sp³-hybridized carbons (Fsp3) is 0.538. The minimum atomic E-state index is 0.539. The van der Waals surface area contributed by atoms with Crippen LogP contribution < -0.4 is 10.2 Å². The summed E-state index contributed by atoms with van der Waals surface area (Å²) in [4.78, 5) is 2.51. The molecular weight excluding hydrogens is 184 g/mol. The van der Waals surface area contributed by atoms with Crippen molar-refractivity contribution in [3.8, 4) is 0 Å². The van der Waals surface area contributed by atoms with Gasteiger partial charge in [-0.05, 0) is 38.9 Å². The third-order valence-corrected chi connectivity index (χ3v) is 3.50. The van der Waals surface area contributed by atoms with Crippen molar-refractivity contribution in [2.75, 3.05) is 18.5 Å². The van der Waals surface area contributed by atoms with Crippen LogP contribution in [0.25, 0.3) is 0 Å². The van der Waals surface area contributed by atoms with Gasteiger partial charge in [0.15, 0.2) is 0 Å². The number of hydrogen-bond acceptors (Lipinski definition) is 2. The number of nitrogens with one attached hydrogen (secondary N) is 1. The van der Waals surface area contributed by atoms with Crippen LogP contribution in [0.5, 0.6) is 0 Å². The largest absolute Gasteiger partial charge is 0.367 e. The molecule has 2 nitrogen and oxygen atoms in total. The summed E-state index contributed by atoms with van der Waals surface area (Å²) in [5, 5.41) is 3.36. The molecule has 0 radical (unpaired) electrons. The van der Waals surface area contributed by atoms with Crippen LogP contribution in [0.4, 0.5) is 5.69 Å². The van der Waals surface area contributed by atoms with E-state index in [1.54, 1.807) is 0 Å². The van der Waals surface area contributed by atoms with Crippen molar-refractivity contribution >= 4 is 5.69 Å². The lowest BCUT2D eigenvalue weighted by atomic mass is 10.0. The number of nitrogens with zero attached hydrogens (tertiary/aromatic N) is 1. The second-order valence-corrected chi connectivity index (χ2v) is 4.26. The molecule has 1 aromatic rings. The second-order valence-electron chi connectivity index (χ2n) is 4.26. The van der Waals surface area contributed by atoms with Gasteiger partial charge in [-0.2, -0.15) is 0 Å². The maximum Gasteiger partial charge on any atom is 0.0481 e. The third-order valence-electron chi connectivity index (χ3n) is 3.50. The highest BCUT2D eigenvalue weighted by molar-refractivity contribution is 5.59. The number of hydrogen-bond donors (Lipinski definition) is 1. The zero-order chi connectivity index (χ0) is 10.8. The summed E-state index contributed by atoms with van der Waals surface area (Å²) in [6.45, 7) is 5.59. The molecule has 2 rings (SSSR count). The van der Waals surface area contributed by atoms with E-state index < -0.39 is 0 Å². The average molecular weight is 204 g/mol. The molecule has 2 heteroatoms. The summed E-state index contributed by atoms with van der Waals surface area (Å²) in [6, 6.07) is 9.91. The first kappa shape index (κ1) is 10.5. The summed E-state index contributed by atoms with van der Waals surface area (Å²) in [5.41, 5.74) is 2.92. The van der Waals surface area contributed by atoms with Gasteiger partial charge in [0.1, 0.15) is 0 Å². The molecular formula is C13H20N2. The Hall–Kier alpha value is -1.02. The quantitative estimate of drug-likeness (QED) is 0.810. The van der Waals surface area contributed by atoms with Gasteiger partial charge in [-0.1, -0.05) is 18.2 Å². The van der Waals surface area contributed by atoms with Gasteiger partial charge in [0.05, 0.1) is 0 Å². The smallest absolute Gasteiger partial charge is 0.0481 e. The van der Waals surface area contributed by atoms with Gasteiger partial charge in [-0.3, -0.25) is 0 Å². The number of benzene rings is 1. The van der Waals surface area contributed by atoms with Crippen LogP contribution in [0.2, 0.25) is 0 Å². The summed E-state index contributed by atoms with van der Waals surface area (Å²) >= 11 is 0. The van der Waals surface area contributed by atoms with E-state index in [0.29, 0.717) is 12.1 Å². The molecule has 1 aliphatic heterocycles. The van der Waals surface area contributed by atoms with Crippen molar-refractivity contribution in [2.24, 2.45) is 0 Å². The second kappa shape index (κ2) is 4.23. The molecule has 82 valence electrons. The molecule has 0 amide bonds. The number of para-hydroxylation sites is 1. The lowest BCUT2D eigenvalue weighted by Crippen LogP contribution is -2.45. The van der Waals surface area contributed by atoms with Crippen molar-refractivity contribution in [3.05, 3.63) is 29.8 Å². The molecule has 15 heavy (non-hydrogen) atoms. The molecule has 0 aliphatic carbocycles. The molecule has 2 atom stereocenters. The molecule has 0 fully saturated rings. The minimum absolute atomic E-state index is 0.539. The fourth-order valence-electron chi connectivity index (χ4n) is 2.52. The van der Waals surface area contributed by atoms with Crippen LogP contribution in [0.15, 0.2) is 24.3 Å². The van der Waals surface area contributed by atoms with Crippen LogP contribution in [0.3, 0.4) is 0 Å². The molecule has 0 saturated heterocycles. The Balaban J connectivity index is 2.28. The van der Waals surface area contributed by atoms with E-state index in [4.69, 9.17) is 0 Å². The van der Waals surface area contributed by atoms with E-state index in [1.165, 1.54) is 17.7 Å². The van der Waals surface area contributed by atoms with Gasteiger partial charge in [-0.15, -0.1) is 0 Å². The van der Waals surface area contributed by atoms with Gasteiger partial charge in [-0.25, -0.2) is 0 Å². The highest BCUT2D eigenvalue weighted by Gasteiger charge is 2.30. The number of rotatable bonds is 3. The standard InChI is InChI=1S/C13H20N2/c1-4-15-12-8-6-5-7-11(12)9-13(15)10(2)14-3/h5-8,10,13-14H,4,9H2,1-3H3. The van der Waals surface area contributed by atoms with E-state index in [-0.39, 0.29) is 0 Å². The predicted octanol–water partition coefficient (Wildman–Crippen LogP) is 2.05. The van der Waals surface area contributed by atoms with Crippen molar-refractivity contribution in [1.29, 1.82) is 0 Å². The molecule has 1 heterocycles. The van der Waals surface area contributed by atoms with Crippen molar-refractivity contribution in [2.45, 2.75) is 32.4 Å². The lowest BCUT2D eigenvalue weighted by molar-refractivity contribution is 0.476. The molecule has 2 unspecified atom stereocenters. The first-order chi connectivity index (χ1) is 7.27. The SMILES string of the molecule is CCN1c2ccccc2CC1C(C)NC. The Labute approximate surface area is 92.3 Å². The molecule has 0 bridgehead atoms. The zero-order valence-corrected chi connectivity index (χ0v) is 9.83.